The van der Waals surface area contributed by atoms with Gasteiger partial charge in [-0.3, -0.25) is 0 Å². The van der Waals surface area contributed by atoms with Crippen LogP contribution in [0.1, 0.15) is 17.0 Å². The average Bonchev–Trinajstić information content (AvgIpc) is 3.23. The van der Waals surface area contributed by atoms with E-state index in [-0.39, 0.29) is 0 Å². The molecule has 0 aliphatic carbocycles. The van der Waals surface area contributed by atoms with Crippen LogP contribution in [-0.2, 0) is 4.79 Å². The van der Waals surface area contributed by atoms with Crippen LogP contribution < -0.4 is 14.2 Å². The maximum absolute atomic E-state index is 12.1. The second kappa shape index (κ2) is 8.06. The number of thiophene rings is 1. The molecule has 0 spiro atoms. The van der Waals surface area contributed by atoms with Gasteiger partial charge in [0, 0.05) is 10.4 Å². The van der Waals surface area contributed by atoms with Crippen molar-refractivity contribution in [2.24, 2.45) is 0 Å². The number of benzene rings is 2. The van der Waals surface area contributed by atoms with Crippen LogP contribution in [0, 0.1) is 0 Å². The highest BCUT2D eigenvalue weighted by Gasteiger charge is 2.25. The molecule has 26 heavy (non-hydrogen) atoms. The standard InChI is InChI=1S/C21H20O4S/c1-23-17-10-9-14(20-8-5-11-26-20)12-15(17)16(13-22)21-18(24-2)6-4-7-19(21)25-3/h4-13,16H,1-3H3. The lowest BCUT2D eigenvalue weighted by atomic mass is 9.89. The smallest absolute Gasteiger partial charge is 0.132 e. The number of carbonyl (C=O) groups excluding carboxylic acids is 1. The highest BCUT2D eigenvalue weighted by Crippen LogP contribution is 2.42. The van der Waals surface area contributed by atoms with E-state index >= 15 is 0 Å². The lowest BCUT2D eigenvalue weighted by Crippen LogP contribution is -2.09. The fourth-order valence-corrected chi connectivity index (χ4v) is 3.78. The minimum atomic E-state index is -0.573. The summed E-state index contributed by atoms with van der Waals surface area (Å²) in [5, 5.41) is 2.03. The molecule has 1 heterocycles. The Morgan fingerprint density at radius 2 is 1.58 bits per heavy atom. The van der Waals surface area contributed by atoms with E-state index in [0.717, 1.165) is 22.3 Å². The van der Waals surface area contributed by atoms with E-state index in [1.807, 2.05) is 47.8 Å². The van der Waals surface area contributed by atoms with E-state index in [4.69, 9.17) is 14.2 Å². The molecule has 3 aromatic rings. The van der Waals surface area contributed by atoms with Crippen molar-refractivity contribution in [2.45, 2.75) is 5.92 Å². The van der Waals surface area contributed by atoms with Crippen molar-refractivity contribution in [1.82, 2.24) is 0 Å². The minimum absolute atomic E-state index is 0.573. The molecule has 1 aromatic heterocycles. The molecule has 0 bridgehead atoms. The summed E-state index contributed by atoms with van der Waals surface area (Å²) in [7, 11) is 4.77. The van der Waals surface area contributed by atoms with Gasteiger partial charge in [0.2, 0.25) is 0 Å². The van der Waals surface area contributed by atoms with E-state index in [1.165, 1.54) is 0 Å². The Labute approximate surface area is 157 Å². The summed E-state index contributed by atoms with van der Waals surface area (Å²) >= 11 is 1.65. The van der Waals surface area contributed by atoms with Crippen molar-refractivity contribution in [1.29, 1.82) is 0 Å². The maximum atomic E-state index is 12.1. The number of methoxy groups -OCH3 is 3. The first kappa shape index (κ1) is 18.0. The van der Waals surface area contributed by atoms with Gasteiger partial charge in [0.15, 0.2) is 0 Å². The summed E-state index contributed by atoms with van der Waals surface area (Å²) in [4.78, 5) is 13.3. The highest BCUT2D eigenvalue weighted by molar-refractivity contribution is 7.13. The second-order valence-corrected chi connectivity index (χ2v) is 6.57. The van der Waals surface area contributed by atoms with E-state index in [2.05, 4.69) is 6.07 Å². The second-order valence-electron chi connectivity index (χ2n) is 5.62. The van der Waals surface area contributed by atoms with Gasteiger partial charge in [0.1, 0.15) is 23.5 Å². The normalized spacial score (nSPS) is 11.7. The summed E-state index contributed by atoms with van der Waals surface area (Å²) in [5.74, 6) is 1.28. The van der Waals surface area contributed by atoms with Crippen molar-refractivity contribution in [2.75, 3.05) is 21.3 Å². The number of hydrogen-bond donors (Lipinski definition) is 0. The molecule has 1 atom stereocenters. The number of ether oxygens (including phenoxy) is 3. The molecule has 2 aromatic carbocycles. The van der Waals surface area contributed by atoms with Crippen LogP contribution in [-0.4, -0.2) is 27.6 Å². The predicted octanol–water partition coefficient (Wildman–Crippen LogP) is 4.77. The third kappa shape index (κ3) is 3.30. The van der Waals surface area contributed by atoms with Gasteiger partial charge in [-0.1, -0.05) is 12.1 Å². The van der Waals surface area contributed by atoms with Crippen molar-refractivity contribution in [3.05, 3.63) is 65.0 Å². The van der Waals surface area contributed by atoms with Crippen LogP contribution in [0.4, 0.5) is 0 Å². The number of rotatable bonds is 7. The SMILES string of the molecule is COc1ccc(-c2cccs2)cc1C(C=O)c1c(OC)cccc1OC. The average molecular weight is 368 g/mol. The van der Waals surface area contributed by atoms with Crippen LogP contribution in [0.2, 0.25) is 0 Å². The lowest BCUT2D eigenvalue weighted by molar-refractivity contribution is -0.108. The third-order valence-corrected chi connectivity index (χ3v) is 5.20. The third-order valence-electron chi connectivity index (χ3n) is 4.28. The molecule has 0 aliphatic rings. The number of hydrogen-bond acceptors (Lipinski definition) is 5. The van der Waals surface area contributed by atoms with Gasteiger partial charge >= 0.3 is 0 Å². The van der Waals surface area contributed by atoms with Gasteiger partial charge in [-0.25, -0.2) is 0 Å². The molecule has 0 fully saturated rings. The first-order chi connectivity index (χ1) is 12.7. The van der Waals surface area contributed by atoms with Gasteiger partial charge in [-0.15, -0.1) is 11.3 Å². The quantitative estimate of drug-likeness (QED) is 0.564. The molecule has 0 N–H and O–H groups in total. The van der Waals surface area contributed by atoms with Gasteiger partial charge < -0.3 is 19.0 Å². The molecule has 0 aliphatic heterocycles. The largest absolute Gasteiger partial charge is 0.496 e. The van der Waals surface area contributed by atoms with Crippen LogP contribution in [0.5, 0.6) is 17.2 Å². The molecule has 0 amide bonds. The van der Waals surface area contributed by atoms with Crippen molar-refractivity contribution in [3.63, 3.8) is 0 Å². The molecule has 0 radical (unpaired) electrons. The first-order valence-corrected chi connectivity index (χ1v) is 8.99. The molecule has 3 rings (SSSR count). The molecule has 4 nitrogen and oxygen atoms in total. The zero-order valence-corrected chi connectivity index (χ0v) is 15.7. The fraction of sp³-hybridized carbons (Fsp3) is 0.190. The predicted molar refractivity (Wildman–Crippen MR) is 104 cm³/mol. The van der Waals surface area contributed by atoms with Gasteiger partial charge in [0.05, 0.1) is 32.8 Å². The molecule has 1 unspecified atom stereocenters. The summed E-state index contributed by atoms with van der Waals surface area (Å²) in [6, 6.07) is 15.4. The molecular formula is C21H20O4S. The summed E-state index contributed by atoms with van der Waals surface area (Å²) in [6.07, 6.45) is 0.899. The van der Waals surface area contributed by atoms with Gasteiger partial charge in [-0.2, -0.15) is 0 Å². The summed E-state index contributed by atoms with van der Waals surface area (Å²) in [6.45, 7) is 0. The Bertz CT molecular complexity index is 865. The monoisotopic (exact) mass is 368 g/mol. The number of carbonyl (C=O) groups is 1. The topological polar surface area (TPSA) is 44.8 Å². The summed E-state index contributed by atoms with van der Waals surface area (Å²) < 4.78 is 16.5. The fourth-order valence-electron chi connectivity index (χ4n) is 3.06. The van der Waals surface area contributed by atoms with Crippen LogP contribution in [0.3, 0.4) is 0 Å². The lowest BCUT2D eigenvalue weighted by Gasteiger charge is -2.20. The molecular weight excluding hydrogens is 348 g/mol. The summed E-state index contributed by atoms with van der Waals surface area (Å²) in [5.41, 5.74) is 2.50. The number of aldehydes is 1. The molecule has 0 saturated heterocycles. The molecule has 5 heteroatoms. The first-order valence-electron chi connectivity index (χ1n) is 8.11. The Balaban J connectivity index is 2.20. The van der Waals surface area contributed by atoms with Crippen LogP contribution in [0.15, 0.2) is 53.9 Å². The zero-order chi connectivity index (χ0) is 18.5. The Hall–Kier alpha value is -2.79. The highest BCUT2D eigenvalue weighted by atomic mass is 32.1. The van der Waals surface area contributed by atoms with E-state index in [9.17, 15) is 4.79 Å². The van der Waals surface area contributed by atoms with Crippen molar-refractivity contribution in [3.8, 4) is 27.7 Å². The van der Waals surface area contributed by atoms with Gasteiger partial charge in [0.25, 0.3) is 0 Å². The van der Waals surface area contributed by atoms with E-state index < -0.39 is 5.92 Å². The van der Waals surface area contributed by atoms with E-state index in [0.29, 0.717) is 22.8 Å². The van der Waals surface area contributed by atoms with Crippen LogP contribution in [0.25, 0.3) is 10.4 Å². The molecule has 134 valence electrons. The van der Waals surface area contributed by atoms with E-state index in [1.54, 1.807) is 32.7 Å². The van der Waals surface area contributed by atoms with Crippen LogP contribution >= 0.6 is 11.3 Å². The maximum Gasteiger partial charge on any atom is 0.132 e. The minimum Gasteiger partial charge on any atom is -0.496 e. The van der Waals surface area contributed by atoms with Gasteiger partial charge in [-0.05, 0) is 47.3 Å². The Morgan fingerprint density at radius 3 is 2.12 bits per heavy atom. The van der Waals surface area contributed by atoms with Crippen molar-refractivity contribution < 1.29 is 19.0 Å². The van der Waals surface area contributed by atoms with Crippen molar-refractivity contribution >= 4 is 17.6 Å². The zero-order valence-electron chi connectivity index (χ0n) is 14.9. The Kier molecular flexibility index (Phi) is 5.58. The molecule has 0 saturated carbocycles. The Morgan fingerprint density at radius 1 is 0.885 bits per heavy atom.